The van der Waals surface area contributed by atoms with Crippen LogP contribution in [0.25, 0.3) is 0 Å². The van der Waals surface area contributed by atoms with Crippen LogP contribution in [0.1, 0.15) is 12.6 Å². The van der Waals surface area contributed by atoms with Gasteiger partial charge in [-0.2, -0.15) is 11.8 Å². The Morgan fingerprint density at radius 3 is 3.11 bits per heavy atom. The van der Waals surface area contributed by atoms with Gasteiger partial charge >= 0.3 is 0 Å². The number of ether oxygens (including phenoxy) is 1. The van der Waals surface area contributed by atoms with Gasteiger partial charge in [0.25, 0.3) is 0 Å². The van der Waals surface area contributed by atoms with Crippen molar-refractivity contribution in [2.24, 2.45) is 0 Å². The molecular formula is C13H19BrN2OS. The Morgan fingerprint density at radius 1 is 1.61 bits per heavy atom. The van der Waals surface area contributed by atoms with E-state index >= 15 is 0 Å². The van der Waals surface area contributed by atoms with Gasteiger partial charge in [-0.1, -0.05) is 6.92 Å². The summed E-state index contributed by atoms with van der Waals surface area (Å²) in [5, 5.41) is 3.53. The van der Waals surface area contributed by atoms with Gasteiger partial charge in [0, 0.05) is 40.3 Å². The highest BCUT2D eigenvalue weighted by atomic mass is 79.9. The lowest BCUT2D eigenvalue weighted by atomic mass is 10.1. The van der Waals surface area contributed by atoms with Gasteiger partial charge in [-0.05, 0) is 34.6 Å². The molecule has 0 saturated carbocycles. The summed E-state index contributed by atoms with van der Waals surface area (Å²) in [5.74, 6) is 2.19. The Morgan fingerprint density at radius 2 is 2.50 bits per heavy atom. The second kappa shape index (κ2) is 7.48. The fourth-order valence-corrected chi connectivity index (χ4v) is 3.26. The van der Waals surface area contributed by atoms with E-state index in [2.05, 4.69) is 39.2 Å². The van der Waals surface area contributed by atoms with E-state index in [1.807, 2.05) is 24.0 Å². The molecule has 1 aromatic rings. The van der Waals surface area contributed by atoms with Crippen molar-refractivity contribution in [3.05, 3.63) is 28.5 Å². The van der Waals surface area contributed by atoms with E-state index in [1.165, 1.54) is 0 Å². The monoisotopic (exact) mass is 330 g/mol. The number of aromatic nitrogens is 1. The first kappa shape index (κ1) is 14.3. The summed E-state index contributed by atoms with van der Waals surface area (Å²) < 4.78 is 6.89. The molecule has 0 bridgehead atoms. The van der Waals surface area contributed by atoms with Gasteiger partial charge in [0.1, 0.15) is 0 Å². The first-order valence-corrected chi connectivity index (χ1v) is 8.27. The molecule has 2 rings (SSSR count). The molecule has 0 spiro atoms. The van der Waals surface area contributed by atoms with Gasteiger partial charge in [-0.15, -0.1) is 0 Å². The normalized spacial score (nSPS) is 21.8. The van der Waals surface area contributed by atoms with Gasteiger partial charge in [-0.3, -0.25) is 4.98 Å². The Balaban J connectivity index is 1.98. The molecule has 1 fully saturated rings. The van der Waals surface area contributed by atoms with E-state index in [0.29, 0.717) is 12.1 Å². The van der Waals surface area contributed by atoms with Gasteiger partial charge in [-0.25, -0.2) is 0 Å². The maximum atomic E-state index is 5.87. The third kappa shape index (κ3) is 4.23. The summed E-state index contributed by atoms with van der Waals surface area (Å²) in [7, 11) is 0. The van der Waals surface area contributed by atoms with Crippen molar-refractivity contribution in [3.8, 4) is 0 Å². The van der Waals surface area contributed by atoms with E-state index in [0.717, 1.165) is 41.2 Å². The minimum absolute atomic E-state index is 0.300. The number of pyridine rings is 1. The highest BCUT2D eigenvalue weighted by Gasteiger charge is 2.24. The van der Waals surface area contributed by atoms with Gasteiger partial charge in [0.2, 0.25) is 0 Å². The average Bonchev–Trinajstić information content (AvgIpc) is 2.42. The van der Waals surface area contributed by atoms with Crippen LogP contribution in [-0.2, 0) is 11.2 Å². The number of thioether (sulfide) groups is 1. The Labute approximate surface area is 121 Å². The van der Waals surface area contributed by atoms with Crippen molar-refractivity contribution in [3.63, 3.8) is 0 Å². The molecule has 0 aliphatic carbocycles. The van der Waals surface area contributed by atoms with Crippen molar-refractivity contribution in [2.45, 2.75) is 25.5 Å². The number of nitrogens with zero attached hydrogens (tertiary/aromatic N) is 1. The molecule has 1 saturated heterocycles. The van der Waals surface area contributed by atoms with E-state index in [4.69, 9.17) is 4.74 Å². The highest BCUT2D eigenvalue weighted by molar-refractivity contribution is 9.10. The summed E-state index contributed by atoms with van der Waals surface area (Å²) in [5.41, 5.74) is 1.11. The summed E-state index contributed by atoms with van der Waals surface area (Å²) >= 11 is 5.39. The van der Waals surface area contributed by atoms with Crippen LogP contribution in [0.4, 0.5) is 0 Å². The summed E-state index contributed by atoms with van der Waals surface area (Å²) in [6.45, 7) is 3.97. The third-order valence-corrected chi connectivity index (χ3v) is 4.46. The van der Waals surface area contributed by atoms with Crippen molar-refractivity contribution in [2.75, 3.05) is 24.7 Å². The van der Waals surface area contributed by atoms with Crippen LogP contribution in [0, 0.1) is 0 Å². The molecule has 1 N–H and O–H groups in total. The number of likely N-dealkylation sites (N-methyl/N-ethyl adjacent to an activating group) is 1. The highest BCUT2D eigenvalue weighted by Crippen LogP contribution is 2.18. The number of halogens is 1. The largest absolute Gasteiger partial charge is 0.375 e. The first-order valence-electron chi connectivity index (χ1n) is 6.32. The van der Waals surface area contributed by atoms with E-state index in [-0.39, 0.29) is 0 Å². The molecule has 1 aliphatic heterocycles. The molecule has 3 nitrogen and oxygen atoms in total. The lowest BCUT2D eigenvalue weighted by Crippen LogP contribution is -2.46. The zero-order valence-electron chi connectivity index (χ0n) is 10.6. The van der Waals surface area contributed by atoms with Crippen LogP contribution in [0.5, 0.6) is 0 Å². The molecule has 0 aromatic carbocycles. The van der Waals surface area contributed by atoms with Crippen molar-refractivity contribution >= 4 is 27.7 Å². The molecule has 0 amide bonds. The van der Waals surface area contributed by atoms with Crippen LogP contribution >= 0.6 is 27.7 Å². The molecule has 2 atom stereocenters. The minimum atomic E-state index is 0.300. The summed E-state index contributed by atoms with van der Waals surface area (Å²) in [6, 6.07) is 4.48. The fourth-order valence-electron chi connectivity index (χ4n) is 2.09. The van der Waals surface area contributed by atoms with E-state index in [9.17, 15) is 0 Å². The van der Waals surface area contributed by atoms with Crippen LogP contribution in [-0.4, -0.2) is 41.8 Å². The van der Waals surface area contributed by atoms with Crippen LogP contribution in [0.3, 0.4) is 0 Å². The lowest BCUT2D eigenvalue weighted by molar-refractivity contribution is 0.0473. The summed E-state index contributed by atoms with van der Waals surface area (Å²) in [6.07, 6.45) is 3.08. The van der Waals surface area contributed by atoms with Crippen molar-refractivity contribution < 1.29 is 4.74 Å². The molecule has 0 radical (unpaired) electrons. The zero-order valence-corrected chi connectivity index (χ0v) is 13.0. The summed E-state index contributed by atoms with van der Waals surface area (Å²) in [4.78, 5) is 4.45. The topological polar surface area (TPSA) is 34.2 Å². The number of rotatable bonds is 5. The first-order chi connectivity index (χ1) is 8.79. The third-order valence-electron chi connectivity index (χ3n) is 2.97. The van der Waals surface area contributed by atoms with Crippen LogP contribution < -0.4 is 5.32 Å². The predicted octanol–water partition coefficient (Wildman–Crippen LogP) is 2.50. The van der Waals surface area contributed by atoms with Crippen LogP contribution in [0.15, 0.2) is 22.8 Å². The Hall–Kier alpha value is -0.100. The number of nitrogens with one attached hydrogen (secondary N) is 1. The van der Waals surface area contributed by atoms with E-state index < -0.39 is 0 Å². The smallest absolute Gasteiger partial charge is 0.0822 e. The lowest BCUT2D eigenvalue weighted by Gasteiger charge is -2.30. The van der Waals surface area contributed by atoms with Gasteiger partial charge in [0.05, 0.1) is 12.7 Å². The minimum Gasteiger partial charge on any atom is -0.375 e. The molecule has 2 heterocycles. The van der Waals surface area contributed by atoms with Crippen LogP contribution in [0.2, 0.25) is 0 Å². The number of hydrogen-bond donors (Lipinski definition) is 1. The second-order valence-corrected chi connectivity index (χ2v) is 6.39. The molecule has 1 aromatic heterocycles. The molecule has 1 aliphatic rings. The molecule has 2 unspecified atom stereocenters. The Bertz CT molecular complexity index is 355. The maximum Gasteiger partial charge on any atom is 0.0822 e. The standard InChI is InChI=1S/C13H19BrN2OS/c1-2-15-12(13-9-18-6-5-17-13)7-11-4-3-10(14)8-16-11/h3-4,8,12-13,15H,2,5-7,9H2,1H3. The van der Waals surface area contributed by atoms with Gasteiger partial charge < -0.3 is 10.1 Å². The SMILES string of the molecule is CCNC(Cc1ccc(Br)cn1)C1CSCCO1. The molecule has 5 heteroatoms. The van der Waals surface area contributed by atoms with Crippen molar-refractivity contribution in [1.82, 2.24) is 10.3 Å². The predicted molar refractivity (Wildman–Crippen MR) is 80.2 cm³/mol. The molecule has 18 heavy (non-hydrogen) atoms. The van der Waals surface area contributed by atoms with Gasteiger partial charge in [0.15, 0.2) is 0 Å². The Kier molecular flexibility index (Phi) is 5.95. The zero-order chi connectivity index (χ0) is 12.8. The molecular weight excluding hydrogens is 312 g/mol. The fraction of sp³-hybridized carbons (Fsp3) is 0.615. The van der Waals surface area contributed by atoms with Crippen molar-refractivity contribution in [1.29, 1.82) is 0 Å². The quantitative estimate of drug-likeness (QED) is 0.899. The van der Waals surface area contributed by atoms with E-state index in [1.54, 1.807) is 0 Å². The number of hydrogen-bond acceptors (Lipinski definition) is 4. The average molecular weight is 331 g/mol. The maximum absolute atomic E-state index is 5.87. The molecule has 100 valence electrons. The second-order valence-electron chi connectivity index (χ2n) is 4.32.